The van der Waals surface area contributed by atoms with Gasteiger partial charge in [-0.2, -0.15) is 0 Å². The maximum absolute atomic E-state index is 11.9. The Kier molecular flexibility index (Phi) is 7.28. The van der Waals surface area contributed by atoms with Crippen molar-refractivity contribution in [2.75, 3.05) is 26.0 Å². The van der Waals surface area contributed by atoms with Crippen LogP contribution >= 0.6 is 0 Å². The van der Waals surface area contributed by atoms with Crippen LogP contribution in [0.1, 0.15) is 40.5 Å². The van der Waals surface area contributed by atoms with E-state index in [9.17, 15) is 8.42 Å². The smallest absolute Gasteiger partial charge is 0.156 e. The van der Waals surface area contributed by atoms with Crippen molar-refractivity contribution in [2.24, 2.45) is 0 Å². The van der Waals surface area contributed by atoms with Gasteiger partial charge in [0, 0.05) is 19.7 Å². The first-order valence-corrected chi connectivity index (χ1v) is 7.84. The van der Waals surface area contributed by atoms with Crippen LogP contribution in [0.25, 0.3) is 0 Å². The summed E-state index contributed by atoms with van der Waals surface area (Å²) in [6.07, 6.45) is 2.07. The van der Waals surface area contributed by atoms with Gasteiger partial charge in [-0.05, 0) is 27.2 Å². The van der Waals surface area contributed by atoms with Crippen LogP contribution in [0.2, 0.25) is 0 Å². The Bertz CT molecular complexity index is 287. The zero-order valence-corrected chi connectivity index (χ0v) is 12.6. The van der Waals surface area contributed by atoms with E-state index < -0.39 is 14.6 Å². The minimum absolute atomic E-state index is 0.181. The van der Waals surface area contributed by atoms with Gasteiger partial charge in [0.1, 0.15) is 0 Å². The van der Waals surface area contributed by atoms with Gasteiger partial charge in [0.05, 0.1) is 17.1 Å². The zero-order chi connectivity index (χ0) is 13.5. The fraction of sp³-hybridized carbons (Fsp3) is 1.00. The van der Waals surface area contributed by atoms with E-state index in [1.807, 2.05) is 0 Å². The molecule has 1 atom stereocenters. The molecule has 0 radical (unpaired) electrons. The number of methoxy groups -OCH3 is 1. The molecule has 0 aromatic heterocycles. The molecule has 0 rings (SSSR count). The third kappa shape index (κ3) is 6.38. The summed E-state index contributed by atoms with van der Waals surface area (Å²) in [5.41, 5.74) is 0. The summed E-state index contributed by atoms with van der Waals surface area (Å²) in [4.78, 5) is 0. The van der Waals surface area contributed by atoms with Gasteiger partial charge in [0.2, 0.25) is 0 Å². The van der Waals surface area contributed by atoms with E-state index in [1.54, 1.807) is 27.9 Å². The van der Waals surface area contributed by atoms with Gasteiger partial charge < -0.3 is 10.1 Å². The lowest BCUT2D eigenvalue weighted by Gasteiger charge is -2.21. The van der Waals surface area contributed by atoms with Crippen LogP contribution in [0, 0.1) is 0 Å². The molecule has 0 saturated heterocycles. The molecule has 0 heterocycles. The van der Waals surface area contributed by atoms with Crippen LogP contribution in [0.15, 0.2) is 0 Å². The Morgan fingerprint density at radius 1 is 1.29 bits per heavy atom. The maximum atomic E-state index is 11.9. The molecule has 104 valence electrons. The van der Waals surface area contributed by atoms with Crippen molar-refractivity contribution in [3.05, 3.63) is 0 Å². The van der Waals surface area contributed by atoms with Crippen molar-refractivity contribution in [1.82, 2.24) is 5.32 Å². The minimum Gasteiger partial charge on any atom is -0.383 e. The summed E-state index contributed by atoms with van der Waals surface area (Å²) >= 11 is 0. The number of sulfone groups is 1. The van der Waals surface area contributed by atoms with E-state index in [1.165, 1.54) is 0 Å². The first kappa shape index (κ1) is 16.9. The lowest BCUT2D eigenvalue weighted by atomic mass is 10.2. The van der Waals surface area contributed by atoms with Crippen molar-refractivity contribution in [3.8, 4) is 0 Å². The van der Waals surface area contributed by atoms with Crippen molar-refractivity contribution < 1.29 is 13.2 Å². The molecule has 0 aliphatic carbocycles. The third-order valence-electron chi connectivity index (χ3n) is 2.74. The zero-order valence-electron chi connectivity index (χ0n) is 11.7. The fourth-order valence-electron chi connectivity index (χ4n) is 1.50. The van der Waals surface area contributed by atoms with E-state index in [2.05, 4.69) is 12.2 Å². The highest BCUT2D eigenvalue weighted by molar-refractivity contribution is 7.92. The lowest BCUT2D eigenvalue weighted by molar-refractivity contribution is 0.163. The predicted octanol–water partition coefficient (Wildman–Crippen LogP) is 1.60. The van der Waals surface area contributed by atoms with Crippen LogP contribution in [-0.4, -0.2) is 45.2 Å². The Hall–Kier alpha value is -0.130. The van der Waals surface area contributed by atoms with Crippen LogP contribution in [-0.2, 0) is 14.6 Å². The van der Waals surface area contributed by atoms with Gasteiger partial charge in [-0.15, -0.1) is 0 Å². The predicted molar refractivity (Wildman–Crippen MR) is 72.1 cm³/mol. The Morgan fingerprint density at radius 3 is 2.29 bits per heavy atom. The molecule has 0 aromatic carbocycles. The molecule has 17 heavy (non-hydrogen) atoms. The molecule has 4 nitrogen and oxygen atoms in total. The van der Waals surface area contributed by atoms with Crippen LogP contribution in [0.3, 0.4) is 0 Å². The van der Waals surface area contributed by atoms with Gasteiger partial charge in [-0.1, -0.05) is 13.3 Å². The number of ether oxygens (including phenoxy) is 1. The summed E-state index contributed by atoms with van der Waals surface area (Å²) in [5, 5.41) is 3.25. The summed E-state index contributed by atoms with van der Waals surface area (Å²) in [6, 6.07) is 0.250. The molecule has 1 unspecified atom stereocenters. The first-order chi connectivity index (χ1) is 7.74. The highest BCUT2D eigenvalue weighted by Crippen LogP contribution is 2.15. The Morgan fingerprint density at radius 2 is 1.88 bits per heavy atom. The van der Waals surface area contributed by atoms with Gasteiger partial charge >= 0.3 is 0 Å². The van der Waals surface area contributed by atoms with Crippen LogP contribution in [0.5, 0.6) is 0 Å². The second-order valence-electron chi connectivity index (χ2n) is 5.33. The van der Waals surface area contributed by atoms with Gasteiger partial charge in [-0.3, -0.25) is 0 Å². The van der Waals surface area contributed by atoms with E-state index in [0.717, 1.165) is 12.8 Å². The summed E-state index contributed by atoms with van der Waals surface area (Å²) < 4.78 is 28.2. The van der Waals surface area contributed by atoms with Crippen molar-refractivity contribution >= 4 is 9.84 Å². The molecule has 1 N–H and O–H groups in total. The first-order valence-electron chi connectivity index (χ1n) is 6.19. The number of hydrogen-bond acceptors (Lipinski definition) is 4. The SMILES string of the molecule is CCCC(COC)NCCS(=O)(=O)C(C)(C)C. The van der Waals surface area contributed by atoms with Crippen molar-refractivity contribution in [2.45, 2.75) is 51.3 Å². The molecule has 0 amide bonds. The normalized spacial score (nSPS) is 14.9. The monoisotopic (exact) mass is 265 g/mol. The van der Waals surface area contributed by atoms with E-state index in [-0.39, 0.29) is 11.8 Å². The Labute approximate surface area is 106 Å². The standard InChI is InChI=1S/C12H27NO3S/c1-6-7-11(10-16-5)13-8-9-17(14,15)12(2,3)4/h11,13H,6-10H2,1-5H3. The number of hydrogen-bond donors (Lipinski definition) is 1. The quantitative estimate of drug-likeness (QED) is 0.724. The van der Waals surface area contributed by atoms with Crippen molar-refractivity contribution in [1.29, 1.82) is 0 Å². The third-order valence-corrected chi connectivity index (χ3v) is 5.35. The topological polar surface area (TPSA) is 55.4 Å². The maximum Gasteiger partial charge on any atom is 0.156 e. The molecule has 0 aliphatic rings. The molecule has 0 fully saturated rings. The average Bonchev–Trinajstić information content (AvgIpc) is 2.16. The minimum atomic E-state index is -3.03. The highest BCUT2D eigenvalue weighted by atomic mass is 32.2. The molecule has 0 saturated carbocycles. The second-order valence-corrected chi connectivity index (χ2v) is 8.19. The summed E-state index contributed by atoms with van der Waals surface area (Å²) in [6.45, 7) is 8.44. The van der Waals surface area contributed by atoms with Crippen LogP contribution < -0.4 is 5.32 Å². The van der Waals surface area contributed by atoms with E-state index in [0.29, 0.717) is 13.2 Å². The molecular weight excluding hydrogens is 238 g/mol. The van der Waals surface area contributed by atoms with Crippen LogP contribution in [0.4, 0.5) is 0 Å². The molecule has 5 heteroatoms. The van der Waals surface area contributed by atoms with E-state index >= 15 is 0 Å². The number of rotatable bonds is 8. The molecule has 0 spiro atoms. The van der Waals surface area contributed by atoms with Crippen molar-refractivity contribution in [3.63, 3.8) is 0 Å². The van der Waals surface area contributed by atoms with Gasteiger partial charge in [0.15, 0.2) is 9.84 Å². The highest BCUT2D eigenvalue weighted by Gasteiger charge is 2.28. The largest absolute Gasteiger partial charge is 0.383 e. The molecule has 0 aromatic rings. The summed E-state index contributed by atoms with van der Waals surface area (Å²) in [5.74, 6) is 0.181. The van der Waals surface area contributed by atoms with E-state index in [4.69, 9.17) is 4.74 Å². The van der Waals surface area contributed by atoms with Gasteiger partial charge in [0.25, 0.3) is 0 Å². The fourth-order valence-corrected chi connectivity index (χ4v) is 2.50. The molecular formula is C12H27NO3S. The molecule has 0 aliphatic heterocycles. The Balaban J connectivity index is 4.12. The number of nitrogens with one attached hydrogen (secondary N) is 1. The lowest BCUT2D eigenvalue weighted by Crippen LogP contribution is -2.39. The van der Waals surface area contributed by atoms with Gasteiger partial charge in [-0.25, -0.2) is 8.42 Å². The summed E-state index contributed by atoms with van der Waals surface area (Å²) in [7, 11) is -1.36. The average molecular weight is 265 g/mol. The second kappa shape index (κ2) is 7.34. The molecule has 0 bridgehead atoms.